The first kappa shape index (κ1) is 16.9. The maximum absolute atomic E-state index is 12.2. The van der Waals surface area contributed by atoms with E-state index in [1.807, 2.05) is 30.3 Å². The molecule has 1 saturated heterocycles. The summed E-state index contributed by atoms with van der Waals surface area (Å²) in [7, 11) is -1.80. The number of hydrogen-bond donors (Lipinski definition) is 0. The number of sulfonamides is 1. The summed E-state index contributed by atoms with van der Waals surface area (Å²) >= 11 is 0. The zero-order chi connectivity index (χ0) is 16.0. The molecule has 0 aliphatic carbocycles. The summed E-state index contributed by atoms with van der Waals surface area (Å²) in [6, 6.07) is 9.57. The van der Waals surface area contributed by atoms with Gasteiger partial charge in [0.25, 0.3) is 0 Å². The third-order valence-corrected chi connectivity index (χ3v) is 5.56. The summed E-state index contributed by atoms with van der Waals surface area (Å²) in [5.41, 5.74) is 0.975. The smallest absolute Gasteiger partial charge is 0.227 e. The van der Waals surface area contributed by atoms with E-state index >= 15 is 0 Å². The van der Waals surface area contributed by atoms with Crippen LogP contribution in [0.4, 0.5) is 0 Å². The van der Waals surface area contributed by atoms with Crippen LogP contribution in [0, 0.1) is 0 Å². The van der Waals surface area contributed by atoms with Crippen molar-refractivity contribution in [2.45, 2.75) is 6.42 Å². The lowest BCUT2D eigenvalue weighted by molar-refractivity contribution is -0.131. The molecular weight excluding hydrogens is 304 g/mol. The van der Waals surface area contributed by atoms with Gasteiger partial charge >= 0.3 is 0 Å². The minimum absolute atomic E-state index is 0.0124. The summed E-state index contributed by atoms with van der Waals surface area (Å²) < 4.78 is 30.4. The van der Waals surface area contributed by atoms with Crippen LogP contribution in [-0.2, 0) is 26.0 Å². The van der Waals surface area contributed by atoms with Gasteiger partial charge in [-0.2, -0.15) is 4.31 Å². The van der Waals surface area contributed by atoms with Crippen LogP contribution in [0.2, 0.25) is 0 Å². The first-order chi connectivity index (χ1) is 10.5. The van der Waals surface area contributed by atoms with Crippen LogP contribution < -0.4 is 0 Å². The number of methoxy groups -OCH3 is 1. The Morgan fingerprint density at radius 1 is 1.14 bits per heavy atom. The lowest BCUT2D eigenvalue weighted by Crippen LogP contribution is -2.51. The van der Waals surface area contributed by atoms with Crippen molar-refractivity contribution in [3.63, 3.8) is 0 Å². The Balaban J connectivity index is 1.85. The Morgan fingerprint density at radius 2 is 1.77 bits per heavy atom. The van der Waals surface area contributed by atoms with Crippen LogP contribution in [0.5, 0.6) is 0 Å². The monoisotopic (exact) mass is 326 g/mol. The number of amides is 1. The number of hydrogen-bond acceptors (Lipinski definition) is 4. The van der Waals surface area contributed by atoms with Crippen molar-refractivity contribution in [1.82, 2.24) is 9.21 Å². The summed E-state index contributed by atoms with van der Waals surface area (Å²) in [6.07, 6.45) is 0.358. The molecule has 0 saturated carbocycles. The Labute approximate surface area is 131 Å². The molecule has 1 heterocycles. The first-order valence-electron chi connectivity index (χ1n) is 7.31. The average Bonchev–Trinajstić information content (AvgIpc) is 2.54. The molecule has 2 rings (SSSR count). The van der Waals surface area contributed by atoms with Crippen LogP contribution in [-0.4, -0.2) is 69.2 Å². The largest absolute Gasteiger partial charge is 0.384 e. The molecule has 6 nitrogen and oxygen atoms in total. The molecule has 1 aliphatic heterocycles. The molecule has 0 radical (unpaired) electrons. The van der Waals surface area contributed by atoms with Crippen LogP contribution in [0.15, 0.2) is 30.3 Å². The number of piperazine rings is 1. The van der Waals surface area contributed by atoms with E-state index in [1.54, 1.807) is 4.90 Å². The lowest BCUT2D eigenvalue weighted by atomic mass is 10.1. The fourth-order valence-electron chi connectivity index (χ4n) is 2.42. The molecule has 7 heteroatoms. The highest BCUT2D eigenvalue weighted by molar-refractivity contribution is 7.89. The van der Waals surface area contributed by atoms with E-state index in [-0.39, 0.29) is 18.3 Å². The van der Waals surface area contributed by atoms with E-state index in [1.165, 1.54) is 11.4 Å². The maximum atomic E-state index is 12.2. The van der Waals surface area contributed by atoms with Crippen molar-refractivity contribution in [3.05, 3.63) is 35.9 Å². The number of benzene rings is 1. The molecular formula is C15H22N2O4S. The van der Waals surface area contributed by atoms with E-state index in [9.17, 15) is 13.2 Å². The topological polar surface area (TPSA) is 66.9 Å². The normalized spacial score (nSPS) is 16.7. The quantitative estimate of drug-likeness (QED) is 0.756. The van der Waals surface area contributed by atoms with Crippen LogP contribution in [0.25, 0.3) is 0 Å². The minimum Gasteiger partial charge on any atom is -0.384 e. The Bertz CT molecular complexity index is 581. The number of rotatable bonds is 6. The molecule has 1 aromatic carbocycles. The predicted molar refractivity (Wildman–Crippen MR) is 84.0 cm³/mol. The molecule has 1 aromatic rings. The molecule has 22 heavy (non-hydrogen) atoms. The van der Waals surface area contributed by atoms with Crippen molar-refractivity contribution < 1.29 is 17.9 Å². The maximum Gasteiger partial charge on any atom is 0.227 e. The van der Waals surface area contributed by atoms with Gasteiger partial charge in [-0.1, -0.05) is 30.3 Å². The summed E-state index contributed by atoms with van der Waals surface area (Å²) in [4.78, 5) is 14.0. The molecule has 1 fully saturated rings. The number of ether oxygens (including phenoxy) is 1. The molecule has 0 spiro atoms. The molecule has 0 bridgehead atoms. The molecule has 122 valence electrons. The van der Waals surface area contributed by atoms with Crippen LogP contribution in [0.3, 0.4) is 0 Å². The highest BCUT2D eigenvalue weighted by Crippen LogP contribution is 2.10. The van der Waals surface area contributed by atoms with Gasteiger partial charge in [-0.15, -0.1) is 0 Å². The average molecular weight is 326 g/mol. The second-order valence-corrected chi connectivity index (χ2v) is 7.34. The Morgan fingerprint density at radius 3 is 2.36 bits per heavy atom. The number of nitrogens with zero attached hydrogens (tertiary/aromatic N) is 2. The molecule has 1 aliphatic rings. The van der Waals surface area contributed by atoms with E-state index in [0.717, 1.165) is 5.56 Å². The SMILES string of the molecule is COCCS(=O)(=O)N1CCN(C(=O)Cc2ccccc2)CC1. The zero-order valence-electron chi connectivity index (χ0n) is 12.8. The summed E-state index contributed by atoms with van der Waals surface area (Å²) in [6.45, 7) is 1.78. The summed E-state index contributed by atoms with van der Waals surface area (Å²) in [5, 5.41) is 0. The van der Waals surface area contributed by atoms with E-state index in [0.29, 0.717) is 32.6 Å². The van der Waals surface area contributed by atoms with E-state index in [4.69, 9.17) is 4.74 Å². The Hall–Kier alpha value is -1.44. The highest BCUT2D eigenvalue weighted by Gasteiger charge is 2.28. The fourth-order valence-corrected chi connectivity index (χ4v) is 3.77. The van der Waals surface area contributed by atoms with Crippen LogP contribution in [0.1, 0.15) is 5.56 Å². The van der Waals surface area contributed by atoms with E-state index < -0.39 is 10.0 Å². The second kappa shape index (κ2) is 7.71. The van der Waals surface area contributed by atoms with Crippen molar-refractivity contribution in [2.24, 2.45) is 0 Å². The molecule has 0 N–H and O–H groups in total. The van der Waals surface area contributed by atoms with Gasteiger partial charge < -0.3 is 9.64 Å². The number of carbonyl (C=O) groups is 1. The molecule has 1 amide bonds. The standard InChI is InChI=1S/C15H22N2O4S/c1-21-11-12-22(19,20)17-9-7-16(8-10-17)15(18)13-14-5-3-2-4-6-14/h2-6H,7-13H2,1H3. The highest BCUT2D eigenvalue weighted by atomic mass is 32.2. The minimum atomic E-state index is -3.28. The van der Waals surface area contributed by atoms with Crippen molar-refractivity contribution in [2.75, 3.05) is 45.6 Å². The van der Waals surface area contributed by atoms with Gasteiger partial charge in [0.1, 0.15) is 0 Å². The van der Waals surface area contributed by atoms with Gasteiger partial charge in [0.15, 0.2) is 0 Å². The van der Waals surface area contributed by atoms with Gasteiger partial charge in [0, 0.05) is 33.3 Å². The molecule has 0 unspecified atom stereocenters. The van der Waals surface area contributed by atoms with Gasteiger partial charge in [-0.05, 0) is 5.56 Å². The van der Waals surface area contributed by atoms with Gasteiger partial charge in [0.2, 0.25) is 15.9 Å². The molecule has 0 atom stereocenters. The van der Waals surface area contributed by atoms with Crippen LogP contribution >= 0.6 is 0 Å². The third-order valence-electron chi connectivity index (χ3n) is 3.73. The van der Waals surface area contributed by atoms with Crippen molar-refractivity contribution in [3.8, 4) is 0 Å². The predicted octanol–water partition coefficient (Wildman–Crippen LogP) is 0.350. The summed E-state index contributed by atoms with van der Waals surface area (Å²) in [5.74, 6) is 0.0294. The first-order valence-corrected chi connectivity index (χ1v) is 8.92. The molecule has 0 aromatic heterocycles. The van der Waals surface area contributed by atoms with Gasteiger partial charge in [-0.3, -0.25) is 4.79 Å². The third kappa shape index (κ3) is 4.53. The Kier molecular flexibility index (Phi) is 5.93. The van der Waals surface area contributed by atoms with Gasteiger partial charge in [0.05, 0.1) is 18.8 Å². The van der Waals surface area contributed by atoms with E-state index in [2.05, 4.69) is 0 Å². The van der Waals surface area contributed by atoms with Crippen molar-refractivity contribution >= 4 is 15.9 Å². The fraction of sp³-hybridized carbons (Fsp3) is 0.533. The van der Waals surface area contributed by atoms with Crippen molar-refractivity contribution in [1.29, 1.82) is 0 Å². The van der Waals surface area contributed by atoms with Gasteiger partial charge in [-0.25, -0.2) is 8.42 Å². The number of carbonyl (C=O) groups excluding carboxylic acids is 1. The lowest BCUT2D eigenvalue weighted by Gasteiger charge is -2.34. The zero-order valence-corrected chi connectivity index (χ0v) is 13.6. The second-order valence-electron chi connectivity index (χ2n) is 5.25.